The molecule has 1 aromatic carbocycles. The topological polar surface area (TPSA) is 46.6 Å². The van der Waals surface area contributed by atoms with E-state index in [-0.39, 0.29) is 24.1 Å². The zero-order valence-corrected chi connectivity index (χ0v) is 13.0. The maximum Gasteiger partial charge on any atom is 0.534 e. The molecule has 0 aromatic heterocycles. The zero-order valence-electron chi connectivity index (χ0n) is 12.2. The van der Waals surface area contributed by atoms with E-state index in [9.17, 15) is 21.6 Å². The summed E-state index contributed by atoms with van der Waals surface area (Å²) in [6, 6.07) is 9.98. The molecule has 0 radical (unpaired) electrons. The third kappa shape index (κ3) is 3.31. The molecule has 8 heteroatoms. The lowest BCUT2D eigenvalue weighted by Crippen LogP contribution is -2.36. The molecule has 3 rings (SSSR count). The van der Waals surface area contributed by atoms with Crippen LogP contribution in [0.3, 0.4) is 0 Å². The highest BCUT2D eigenvalue weighted by molar-refractivity contribution is 7.87. The third-order valence-electron chi connectivity index (χ3n) is 4.29. The summed E-state index contributed by atoms with van der Waals surface area (Å²) in [5, 5.41) is 0. The van der Waals surface area contributed by atoms with Crippen LogP contribution in [0, 0.1) is 5.92 Å². The Morgan fingerprint density at radius 1 is 1.22 bits per heavy atom. The summed E-state index contributed by atoms with van der Waals surface area (Å²) in [7, 11) is -5.59. The molecule has 2 bridgehead atoms. The van der Waals surface area contributed by atoms with E-state index in [0.29, 0.717) is 6.54 Å². The summed E-state index contributed by atoms with van der Waals surface area (Å²) in [6.07, 6.45) is 3.22. The van der Waals surface area contributed by atoms with Gasteiger partial charge in [-0.2, -0.15) is 21.6 Å². The molecule has 126 valence electrons. The Kier molecular flexibility index (Phi) is 4.03. The molecule has 2 aliphatic rings. The molecule has 1 fully saturated rings. The molecule has 0 aliphatic carbocycles. The van der Waals surface area contributed by atoms with Gasteiger partial charge in [-0.15, -0.1) is 0 Å². The van der Waals surface area contributed by atoms with Crippen LogP contribution in [0.25, 0.3) is 0 Å². The van der Waals surface area contributed by atoms with Crippen molar-refractivity contribution in [3.8, 4) is 0 Å². The largest absolute Gasteiger partial charge is 0.534 e. The Hall–Kier alpha value is -1.70. The van der Waals surface area contributed by atoms with Crippen molar-refractivity contribution in [1.82, 2.24) is 4.90 Å². The molecule has 2 heterocycles. The number of nitrogens with zero attached hydrogens (tertiary/aromatic N) is 1. The van der Waals surface area contributed by atoms with Crippen LogP contribution >= 0.6 is 0 Å². The Labute approximate surface area is 132 Å². The lowest BCUT2D eigenvalue weighted by Gasteiger charge is -2.32. The fourth-order valence-electron chi connectivity index (χ4n) is 3.22. The van der Waals surface area contributed by atoms with Crippen LogP contribution in [0.4, 0.5) is 13.2 Å². The molecule has 23 heavy (non-hydrogen) atoms. The van der Waals surface area contributed by atoms with Crippen LogP contribution in [0.15, 0.2) is 42.3 Å². The van der Waals surface area contributed by atoms with E-state index in [2.05, 4.69) is 4.18 Å². The molecule has 2 aliphatic heterocycles. The van der Waals surface area contributed by atoms with E-state index >= 15 is 0 Å². The van der Waals surface area contributed by atoms with Gasteiger partial charge in [0, 0.05) is 25.2 Å². The highest BCUT2D eigenvalue weighted by atomic mass is 32.2. The third-order valence-corrected chi connectivity index (χ3v) is 5.29. The maximum atomic E-state index is 12.4. The summed E-state index contributed by atoms with van der Waals surface area (Å²) in [5.41, 5.74) is -4.25. The minimum Gasteiger partial charge on any atom is -0.379 e. The predicted octanol–water partition coefficient (Wildman–Crippen LogP) is 3.03. The van der Waals surface area contributed by atoms with E-state index in [4.69, 9.17) is 0 Å². The molecule has 1 saturated heterocycles. The average Bonchev–Trinajstić information content (AvgIpc) is 2.69. The molecule has 1 aromatic rings. The molecular formula is C15H16F3NO3S. The number of hydrogen-bond donors (Lipinski definition) is 0. The molecule has 0 saturated carbocycles. The first-order chi connectivity index (χ1) is 10.8. The van der Waals surface area contributed by atoms with Gasteiger partial charge in [-0.3, -0.25) is 0 Å². The second-order valence-electron chi connectivity index (χ2n) is 5.83. The van der Waals surface area contributed by atoms with Crippen molar-refractivity contribution in [2.75, 3.05) is 6.54 Å². The van der Waals surface area contributed by atoms with E-state index in [1.54, 1.807) is 0 Å². The summed E-state index contributed by atoms with van der Waals surface area (Å²) < 4.78 is 63.8. The first-order valence-corrected chi connectivity index (χ1v) is 8.68. The van der Waals surface area contributed by atoms with E-state index in [1.165, 1.54) is 6.20 Å². The summed E-state index contributed by atoms with van der Waals surface area (Å²) in [4.78, 5) is 1.89. The molecule has 0 spiro atoms. The Bertz CT molecular complexity index is 700. The fraction of sp³-hybridized carbons (Fsp3) is 0.467. The van der Waals surface area contributed by atoms with Crippen molar-refractivity contribution in [3.05, 3.63) is 47.9 Å². The van der Waals surface area contributed by atoms with Crippen LogP contribution < -0.4 is 0 Å². The summed E-state index contributed by atoms with van der Waals surface area (Å²) in [6.45, 7) is 0.696. The van der Waals surface area contributed by atoms with Gasteiger partial charge in [0.1, 0.15) is 5.76 Å². The molecule has 0 N–H and O–H groups in total. The monoisotopic (exact) mass is 347 g/mol. The van der Waals surface area contributed by atoms with Gasteiger partial charge >= 0.3 is 15.6 Å². The van der Waals surface area contributed by atoms with Crippen molar-refractivity contribution >= 4 is 10.1 Å². The molecule has 0 amide bonds. The van der Waals surface area contributed by atoms with Gasteiger partial charge in [0.15, 0.2) is 0 Å². The number of rotatable bonds is 4. The predicted molar refractivity (Wildman–Crippen MR) is 77.5 cm³/mol. The number of allylic oxidation sites excluding steroid dienone is 1. The molecular weight excluding hydrogens is 331 g/mol. The van der Waals surface area contributed by atoms with Crippen LogP contribution in [0.1, 0.15) is 18.4 Å². The van der Waals surface area contributed by atoms with Gasteiger partial charge < -0.3 is 9.08 Å². The van der Waals surface area contributed by atoms with Crippen molar-refractivity contribution in [1.29, 1.82) is 0 Å². The summed E-state index contributed by atoms with van der Waals surface area (Å²) in [5.74, 6) is -0.0345. The van der Waals surface area contributed by atoms with Gasteiger partial charge in [-0.1, -0.05) is 30.3 Å². The van der Waals surface area contributed by atoms with E-state index in [1.807, 2.05) is 35.2 Å². The Morgan fingerprint density at radius 2 is 1.91 bits per heavy atom. The van der Waals surface area contributed by atoms with Crippen LogP contribution in [0.5, 0.6) is 0 Å². The Balaban J connectivity index is 1.74. The lowest BCUT2D eigenvalue weighted by atomic mass is 9.89. The number of benzene rings is 1. The zero-order chi connectivity index (χ0) is 16.7. The minimum atomic E-state index is -5.59. The standard InChI is InChI=1S/C15H16F3NO3S/c16-15(17,18)23(20,21)22-13-9-12-6-7-19(10-13)14(12)8-11-4-2-1-3-5-11/h1-5,10,12,14H,6-9H2. The Morgan fingerprint density at radius 3 is 2.52 bits per heavy atom. The maximum absolute atomic E-state index is 12.4. The van der Waals surface area contributed by atoms with Crippen molar-refractivity contribution in [2.24, 2.45) is 5.92 Å². The van der Waals surface area contributed by atoms with Crippen LogP contribution in [-0.2, 0) is 20.7 Å². The highest BCUT2D eigenvalue weighted by Crippen LogP contribution is 2.39. The second-order valence-corrected chi connectivity index (χ2v) is 7.36. The average molecular weight is 347 g/mol. The lowest BCUT2D eigenvalue weighted by molar-refractivity contribution is -0.0526. The fourth-order valence-corrected chi connectivity index (χ4v) is 3.71. The number of alkyl halides is 3. The quantitative estimate of drug-likeness (QED) is 0.620. The number of halogens is 3. The van der Waals surface area contributed by atoms with Crippen LogP contribution in [0.2, 0.25) is 0 Å². The van der Waals surface area contributed by atoms with Gasteiger partial charge in [0.2, 0.25) is 0 Å². The van der Waals surface area contributed by atoms with E-state index in [0.717, 1.165) is 18.4 Å². The van der Waals surface area contributed by atoms with Gasteiger partial charge in [0.05, 0.1) is 0 Å². The smallest absolute Gasteiger partial charge is 0.379 e. The SMILES string of the molecule is O=S(=O)(OC1=CN2CCC(C1)C2Cc1ccccc1)C(F)(F)F. The van der Waals surface area contributed by atoms with Gasteiger partial charge in [-0.05, 0) is 24.3 Å². The molecule has 2 unspecified atom stereocenters. The van der Waals surface area contributed by atoms with Crippen LogP contribution in [-0.4, -0.2) is 31.4 Å². The van der Waals surface area contributed by atoms with E-state index < -0.39 is 15.6 Å². The molecule has 4 nitrogen and oxygen atoms in total. The minimum absolute atomic E-state index is 0.0960. The van der Waals surface area contributed by atoms with Crippen molar-refractivity contribution < 1.29 is 25.8 Å². The van der Waals surface area contributed by atoms with Gasteiger partial charge in [-0.25, -0.2) is 0 Å². The molecule has 2 atom stereocenters. The first-order valence-electron chi connectivity index (χ1n) is 7.27. The van der Waals surface area contributed by atoms with Gasteiger partial charge in [0.25, 0.3) is 0 Å². The van der Waals surface area contributed by atoms with Crippen molar-refractivity contribution in [2.45, 2.75) is 30.8 Å². The summed E-state index contributed by atoms with van der Waals surface area (Å²) >= 11 is 0. The normalized spacial score (nSPS) is 24.5. The first kappa shape index (κ1) is 16.2. The number of hydrogen-bond acceptors (Lipinski definition) is 4. The number of fused-ring (bicyclic) bond motifs is 2. The van der Waals surface area contributed by atoms with Crippen molar-refractivity contribution in [3.63, 3.8) is 0 Å². The second kappa shape index (κ2) is 5.74. The highest BCUT2D eigenvalue weighted by Gasteiger charge is 2.50.